The van der Waals surface area contributed by atoms with Crippen LogP contribution < -0.4 is 0 Å². The lowest BCUT2D eigenvalue weighted by Crippen LogP contribution is -2.37. The van der Waals surface area contributed by atoms with Crippen LogP contribution in [0.4, 0.5) is 4.39 Å². The molecule has 32 heavy (non-hydrogen) atoms. The molecule has 2 heterocycles. The molecule has 0 spiro atoms. The first-order valence-electron chi connectivity index (χ1n) is 11.6. The summed E-state index contributed by atoms with van der Waals surface area (Å²) in [6.07, 6.45) is 3.77. The van der Waals surface area contributed by atoms with Gasteiger partial charge in [0.15, 0.2) is 5.78 Å². The lowest BCUT2D eigenvalue weighted by Gasteiger charge is -2.34. The number of Topliss-reactive ketones (excluding diaryl/α,β-unsaturated/α-hetero) is 1. The van der Waals surface area contributed by atoms with Gasteiger partial charge in [-0.1, -0.05) is 40.2 Å². The van der Waals surface area contributed by atoms with Gasteiger partial charge in [-0.2, -0.15) is 0 Å². The Morgan fingerprint density at radius 3 is 2.44 bits per heavy atom. The fourth-order valence-corrected chi connectivity index (χ4v) is 3.49. The van der Waals surface area contributed by atoms with Gasteiger partial charge < -0.3 is 10.0 Å². The first-order chi connectivity index (χ1) is 15.0. The van der Waals surface area contributed by atoms with E-state index in [2.05, 4.69) is 69.7 Å². The second-order valence-electron chi connectivity index (χ2n) is 9.28. The molecular formula is C27H41FN2O2. The molecule has 0 bridgehead atoms. The number of nitrogens with zero attached hydrogens (tertiary/aromatic N) is 2. The molecule has 1 aliphatic heterocycles. The van der Waals surface area contributed by atoms with Gasteiger partial charge in [0.25, 0.3) is 0 Å². The van der Waals surface area contributed by atoms with Gasteiger partial charge in [-0.15, -0.1) is 0 Å². The molecule has 1 saturated heterocycles. The molecule has 0 aliphatic carbocycles. The van der Waals surface area contributed by atoms with Crippen LogP contribution in [0.15, 0.2) is 36.4 Å². The second-order valence-corrected chi connectivity index (χ2v) is 9.28. The quantitative estimate of drug-likeness (QED) is 0.562. The van der Waals surface area contributed by atoms with E-state index in [1.807, 2.05) is 0 Å². The molecule has 1 aliphatic rings. The Bertz CT molecular complexity index is 838. The van der Waals surface area contributed by atoms with Crippen LogP contribution in [0.1, 0.15) is 69.2 Å². The largest absolute Gasteiger partial charge is 0.507 e. The Balaban J connectivity index is 0.000000278. The van der Waals surface area contributed by atoms with Crippen LogP contribution in [-0.4, -0.2) is 40.9 Å². The van der Waals surface area contributed by atoms with E-state index in [9.17, 15) is 9.18 Å². The van der Waals surface area contributed by atoms with Crippen LogP contribution in [0.25, 0.3) is 0 Å². The molecule has 0 saturated carbocycles. The average Bonchev–Trinajstić information content (AvgIpc) is 2.71. The minimum Gasteiger partial charge on any atom is -0.507 e. The third kappa shape index (κ3) is 10.4. The number of ketones is 1. The van der Waals surface area contributed by atoms with Crippen molar-refractivity contribution in [3.63, 3.8) is 0 Å². The monoisotopic (exact) mass is 444 g/mol. The third-order valence-corrected chi connectivity index (χ3v) is 5.86. The Morgan fingerprint density at radius 2 is 1.94 bits per heavy atom. The molecule has 3 rings (SSSR count). The van der Waals surface area contributed by atoms with Gasteiger partial charge in [0.2, 0.25) is 0 Å². The number of carbonyl (C=O) groups is 1. The maximum atomic E-state index is 12.3. The zero-order valence-corrected chi connectivity index (χ0v) is 20.9. The van der Waals surface area contributed by atoms with Crippen molar-refractivity contribution in [2.45, 2.75) is 60.8 Å². The molecule has 1 unspecified atom stereocenters. The number of hydrogen-bond donors (Lipinski definition) is 1. The number of phenolic OH excluding ortho intramolecular Hbond substituents is 1. The van der Waals surface area contributed by atoms with E-state index in [4.69, 9.17) is 5.11 Å². The standard InChI is InChI=1S/C14H22N2.C8H7FO2.C5H12/c1-11-10-16(3)8-7-13(11)9-14-6-4-5-12(2)15-14;1-5(10)7-3-2-6(9)4-8(7)11;1-4-5(2)3/h4-6,11,13H,7-10H2,1-3H3;2-4,11H,1H3;5H,4H2,1-3H3/t11-,13?;;/m1../s1. The molecule has 2 atom stereocenters. The molecule has 4 nitrogen and oxygen atoms in total. The maximum absolute atomic E-state index is 12.3. The number of phenols is 1. The molecule has 178 valence electrons. The molecule has 1 aromatic carbocycles. The van der Waals surface area contributed by atoms with Crippen LogP contribution in [0, 0.1) is 30.5 Å². The van der Waals surface area contributed by atoms with Crippen molar-refractivity contribution in [3.8, 4) is 5.75 Å². The fourth-order valence-electron chi connectivity index (χ4n) is 3.49. The number of aromatic hydroxyl groups is 1. The van der Waals surface area contributed by atoms with Crippen molar-refractivity contribution < 1.29 is 14.3 Å². The number of aryl methyl sites for hydroxylation is 1. The van der Waals surface area contributed by atoms with Crippen molar-refractivity contribution in [1.29, 1.82) is 0 Å². The normalized spacial score (nSPS) is 18.3. The minimum atomic E-state index is -0.549. The summed E-state index contributed by atoms with van der Waals surface area (Å²) in [4.78, 5) is 17.7. The highest BCUT2D eigenvalue weighted by molar-refractivity contribution is 5.96. The van der Waals surface area contributed by atoms with Crippen molar-refractivity contribution in [2.24, 2.45) is 17.8 Å². The highest BCUT2D eigenvalue weighted by atomic mass is 19.1. The topological polar surface area (TPSA) is 53.4 Å². The summed E-state index contributed by atoms with van der Waals surface area (Å²) in [5.41, 5.74) is 2.55. The second kappa shape index (κ2) is 14.0. The third-order valence-electron chi connectivity index (χ3n) is 5.86. The van der Waals surface area contributed by atoms with E-state index in [0.29, 0.717) is 0 Å². The number of benzene rings is 1. The maximum Gasteiger partial charge on any atom is 0.163 e. The van der Waals surface area contributed by atoms with E-state index in [-0.39, 0.29) is 17.1 Å². The lowest BCUT2D eigenvalue weighted by atomic mass is 9.83. The van der Waals surface area contributed by atoms with Gasteiger partial charge in [-0.3, -0.25) is 9.78 Å². The minimum absolute atomic E-state index is 0.145. The average molecular weight is 445 g/mol. The number of rotatable bonds is 4. The zero-order chi connectivity index (χ0) is 24.3. The van der Waals surface area contributed by atoms with Crippen LogP contribution >= 0.6 is 0 Å². The number of carbonyl (C=O) groups excluding carboxylic acids is 1. The Morgan fingerprint density at radius 1 is 1.28 bits per heavy atom. The SMILES string of the molecule is CC(=O)c1ccc(F)cc1O.CCC(C)C.Cc1cccc(CC2CCN(C)C[C@H]2C)n1. The Kier molecular flexibility index (Phi) is 12.1. The van der Waals surface area contributed by atoms with Crippen molar-refractivity contribution in [2.75, 3.05) is 20.1 Å². The summed E-state index contributed by atoms with van der Waals surface area (Å²) in [6.45, 7) is 14.9. The number of pyridine rings is 1. The predicted octanol–water partition coefficient (Wildman–Crippen LogP) is 6.31. The van der Waals surface area contributed by atoms with Gasteiger partial charge in [0.1, 0.15) is 11.6 Å². The highest BCUT2D eigenvalue weighted by Crippen LogP contribution is 2.25. The van der Waals surface area contributed by atoms with Gasteiger partial charge in [0, 0.05) is 24.0 Å². The van der Waals surface area contributed by atoms with Crippen LogP contribution in [0.3, 0.4) is 0 Å². The smallest absolute Gasteiger partial charge is 0.163 e. The summed E-state index contributed by atoms with van der Waals surface area (Å²) in [5, 5.41) is 9.00. The van der Waals surface area contributed by atoms with Crippen LogP contribution in [-0.2, 0) is 6.42 Å². The number of piperidine rings is 1. The van der Waals surface area contributed by atoms with Crippen LogP contribution in [0.5, 0.6) is 5.75 Å². The first-order valence-corrected chi connectivity index (χ1v) is 11.6. The van der Waals surface area contributed by atoms with Gasteiger partial charge in [-0.25, -0.2) is 4.39 Å². The number of likely N-dealkylation sites (tertiary alicyclic amines) is 1. The first kappa shape index (κ1) is 27.8. The molecule has 5 heteroatoms. The van der Waals surface area contributed by atoms with E-state index in [1.54, 1.807) is 0 Å². The molecule has 0 radical (unpaired) electrons. The predicted molar refractivity (Wildman–Crippen MR) is 131 cm³/mol. The Hall–Kier alpha value is -2.27. The van der Waals surface area contributed by atoms with Gasteiger partial charge in [0.05, 0.1) is 5.56 Å². The van der Waals surface area contributed by atoms with E-state index < -0.39 is 5.82 Å². The molecule has 1 fully saturated rings. The summed E-state index contributed by atoms with van der Waals surface area (Å²) in [7, 11) is 2.22. The number of halogens is 1. The summed E-state index contributed by atoms with van der Waals surface area (Å²) in [6, 6.07) is 9.66. The molecule has 1 aromatic heterocycles. The molecule has 2 aromatic rings. The molecular weight excluding hydrogens is 403 g/mol. The highest BCUT2D eigenvalue weighted by Gasteiger charge is 2.24. The van der Waals surface area contributed by atoms with Crippen molar-refractivity contribution in [1.82, 2.24) is 9.88 Å². The zero-order valence-electron chi connectivity index (χ0n) is 20.9. The number of aromatic nitrogens is 1. The summed E-state index contributed by atoms with van der Waals surface area (Å²) < 4.78 is 12.3. The summed E-state index contributed by atoms with van der Waals surface area (Å²) in [5.74, 6) is 1.36. The van der Waals surface area contributed by atoms with Crippen molar-refractivity contribution >= 4 is 5.78 Å². The van der Waals surface area contributed by atoms with E-state index in [0.717, 1.165) is 42.0 Å². The summed E-state index contributed by atoms with van der Waals surface area (Å²) >= 11 is 0. The molecule has 1 N–H and O–H groups in total. The Labute approximate surface area is 193 Å². The van der Waals surface area contributed by atoms with Crippen molar-refractivity contribution in [3.05, 3.63) is 59.2 Å². The van der Waals surface area contributed by atoms with Gasteiger partial charge in [-0.05, 0) is 82.3 Å². The van der Waals surface area contributed by atoms with E-state index in [1.165, 1.54) is 44.6 Å². The lowest BCUT2D eigenvalue weighted by molar-refractivity contribution is 0.101. The number of hydrogen-bond acceptors (Lipinski definition) is 4. The van der Waals surface area contributed by atoms with Crippen LogP contribution in [0.2, 0.25) is 0 Å². The molecule has 0 amide bonds. The van der Waals surface area contributed by atoms with Gasteiger partial charge >= 0.3 is 0 Å². The van der Waals surface area contributed by atoms with E-state index >= 15 is 0 Å². The fraction of sp³-hybridized carbons (Fsp3) is 0.556.